The van der Waals surface area contributed by atoms with Crippen molar-refractivity contribution < 1.29 is 29.7 Å². The number of aliphatic hydroxyl groups is 2. The van der Waals surface area contributed by atoms with Gasteiger partial charge in [0.25, 0.3) is 0 Å². The summed E-state index contributed by atoms with van der Waals surface area (Å²) in [4.78, 5) is 49.5. The highest BCUT2D eigenvalue weighted by molar-refractivity contribution is 7.16. The molecular weight excluding hydrogens is 608 g/mol. The number of urea groups is 1. The molecule has 13 heteroatoms. The fourth-order valence-corrected chi connectivity index (χ4v) is 6.98. The molecule has 2 aliphatic rings. The largest absolute Gasteiger partial charge is 0.508 e. The maximum atomic E-state index is 14.3. The van der Waals surface area contributed by atoms with Gasteiger partial charge in [-0.3, -0.25) is 9.59 Å². The van der Waals surface area contributed by atoms with Gasteiger partial charge in [-0.2, -0.15) is 0 Å². The van der Waals surface area contributed by atoms with E-state index < -0.39 is 30.9 Å². The van der Waals surface area contributed by atoms with Crippen LogP contribution in [0.3, 0.4) is 0 Å². The minimum absolute atomic E-state index is 0.0178. The zero-order valence-corrected chi connectivity index (χ0v) is 26.1. The molecule has 2 saturated heterocycles. The maximum absolute atomic E-state index is 14.3. The summed E-state index contributed by atoms with van der Waals surface area (Å²) >= 11 is 1.51. The van der Waals surface area contributed by atoms with Crippen LogP contribution in [0.5, 0.6) is 5.75 Å². The van der Waals surface area contributed by atoms with E-state index in [1.807, 2.05) is 48.5 Å². The number of benzene rings is 3. The Balaban J connectivity index is 1.34. The molecule has 3 heterocycles. The van der Waals surface area contributed by atoms with Crippen molar-refractivity contribution in [2.24, 2.45) is 0 Å². The average Bonchev–Trinajstić information content (AvgIpc) is 3.54. The Morgan fingerprint density at radius 2 is 1.87 bits per heavy atom. The van der Waals surface area contributed by atoms with Gasteiger partial charge in [-0.15, -0.1) is 11.3 Å². The zero-order chi connectivity index (χ0) is 32.4. The van der Waals surface area contributed by atoms with Gasteiger partial charge < -0.3 is 30.4 Å². The Bertz CT molecular complexity index is 1730. The van der Waals surface area contributed by atoms with Crippen LogP contribution in [0.4, 0.5) is 4.79 Å². The first-order valence-corrected chi connectivity index (χ1v) is 15.9. The van der Waals surface area contributed by atoms with E-state index in [1.54, 1.807) is 34.6 Å². The number of carbonyl (C=O) groups is 3. The van der Waals surface area contributed by atoms with Crippen molar-refractivity contribution in [3.63, 3.8) is 0 Å². The van der Waals surface area contributed by atoms with Gasteiger partial charge in [0, 0.05) is 33.0 Å². The summed E-state index contributed by atoms with van der Waals surface area (Å²) in [6.45, 7) is 0.0558. The van der Waals surface area contributed by atoms with Crippen molar-refractivity contribution in [3.8, 4) is 5.75 Å². The summed E-state index contributed by atoms with van der Waals surface area (Å²) in [7, 11) is 1.68. The van der Waals surface area contributed by atoms with Gasteiger partial charge in [-0.25, -0.2) is 19.8 Å². The molecule has 46 heavy (non-hydrogen) atoms. The van der Waals surface area contributed by atoms with Crippen LogP contribution in [-0.2, 0) is 35.5 Å². The number of nitrogens with zero attached hydrogens (tertiary/aromatic N) is 5. The molecule has 6 rings (SSSR count). The number of hydrogen-bond donors (Lipinski definition) is 4. The molecule has 0 radical (unpaired) electrons. The van der Waals surface area contributed by atoms with Crippen LogP contribution >= 0.6 is 11.3 Å². The topological polar surface area (TPSA) is 150 Å². The molecule has 1 unspecified atom stereocenters. The molecule has 4 N–H and O–H groups in total. The second-order valence-corrected chi connectivity index (χ2v) is 12.5. The minimum Gasteiger partial charge on any atom is -0.508 e. The fourth-order valence-electron chi connectivity index (χ4n) is 6.25. The molecule has 4 aromatic rings. The zero-order valence-electron chi connectivity index (χ0n) is 25.3. The molecule has 0 bridgehead atoms. The van der Waals surface area contributed by atoms with Gasteiger partial charge in [0.15, 0.2) is 0 Å². The molecular formula is C33H36N6O6S. The number of amides is 4. The van der Waals surface area contributed by atoms with Crippen LogP contribution in [0.2, 0.25) is 0 Å². The summed E-state index contributed by atoms with van der Waals surface area (Å²) in [6.07, 6.45) is -1.71. The highest BCUT2D eigenvalue weighted by Gasteiger charge is 2.50. The molecule has 4 amide bonds. The number of carbonyl (C=O) groups excluding carboxylic acids is 3. The van der Waals surface area contributed by atoms with Crippen LogP contribution in [-0.4, -0.2) is 103 Å². The minimum atomic E-state index is -1.06. The van der Waals surface area contributed by atoms with Crippen molar-refractivity contribution in [1.29, 1.82) is 0 Å². The number of nitrogens with one attached hydrogen (secondary N) is 1. The highest BCUT2D eigenvalue weighted by atomic mass is 32.1. The molecule has 2 aliphatic heterocycles. The smallest absolute Gasteiger partial charge is 0.334 e. The van der Waals surface area contributed by atoms with E-state index in [0.717, 1.165) is 21.3 Å². The molecule has 0 saturated carbocycles. The number of hydrazine groups is 1. The van der Waals surface area contributed by atoms with Crippen molar-refractivity contribution in [2.45, 2.75) is 44.2 Å². The van der Waals surface area contributed by atoms with Gasteiger partial charge in [0.05, 0.1) is 41.5 Å². The molecule has 240 valence electrons. The quantitative estimate of drug-likeness (QED) is 0.217. The lowest BCUT2D eigenvalue weighted by molar-refractivity contribution is -0.187. The van der Waals surface area contributed by atoms with Crippen molar-refractivity contribution >= 4 is 39.4 Å². The molecule has 1 aromatic heterocycles. The summed E-state index contributed by atoms with van der Waals surface area (Å²) < 4.78 is 0.997. The first kappa shape index (κ1) is 31.4. The number of aliphatic hydroxyl groups excluding tert-OH is 2. The molecule has 0 aliphatic carbocycles. The number of hydrogen-bond acceptors (Lipinski definition) is 9. The van der Waals surface area contributed by atoms with E-state index in [2.05, 4.69) is 10.3 Å². The molecule has 12 nitrogen and oxygen atoms in total. The van der Waals surface area contributed by atoms with E-state index >= 15 is 0 Å². The number of aromatic hydroxyl groups is 1. The Morgan fingerprint density at radius 3 is 2.65 bits per heavy atom. The summed E-state index contributed by atoms with van der Waals surface area (Å²) in [5.41, 5.74) is 5.43. The van der Waals surface area contributed by atoms with Crippen LogP contribution in [0.15, 0.2) is 72.2 Å². The van der Waals surface area contributed by atoms with Crippen LogP contribution in [0.25, 0.3) is 10.2 Å². The number of phenols is 1. The number of para-hydroxylation sites is 1. The average molecular weight is 645 g/mol. The van der Waals surface area contributed by atoms with E-state index in [-0.39, 0.29) is 50.0 Å². The second-order valence-electron chi connectivity index (χ2n) is 11.6. The predicted octanol–water partition coefficient (Wildman–Crippen LogP) is 2.08. The van der Waals surface area contributed by atoms with Crippen molar-refractivity contribution in [2.75, 3.05) is 26.7 Å². The lowest BCUT2D eigenvalue weighted by atomic mass is 9.95. The SMILES string of the molecule is CN1CC(=O)N2[C@@H](Cc3ccc(O)c(CC(O)CO)c3)C(=O)N(Cc3cccc4scnc34)C[C@@H]2N1C(=O)NCc1ccccc1. The standard InChI is InChI=1S/C33H36N6O6S/c1-36-18-30(43)38-26(13-22-10-11-27(42)24(12-22)14-25(41)19-40)32(44)37(16-23-8-5-9-28-31(23)35-20-46-28)17-29(38)39(36)33(45)34-15-21-6-3-2-4-7-21/h2-12,20,25-26,29,40-42H,13-19H2,1H3,(H,34,45)/t25?,26-,29-/m0/s1. The third kappa shape index (κ3) is 6.40. The monoisotopic (exact) mass is 644 g/mol. The predicted molar refractivity (Wildman–Crippen MR) is 171 cm³/mol. The lowest BCUT2D eigenvalue weighted by Crippen LogP contribution is -2.76. The van der Waals surface area contributed by atoms with E-state index in [4.69, 9.17) is 0 Å². The first-order chi connectivity index (χ1) is 22.2. The number of thiazole rings is 1. The number of piperazine rings is 1. The lowest BCUT2D eigenvalue weighted by Gasteiger charge is -2.54. The number of likely N-dealkylation sites (N-methyl/N-ethyl adjacent to an activating group) is 1. The first-order valence-electron chi connectivity index (χ1n) is 15.1. The van der Waals surface area contributed by atoms with Crippen LogP contribution in [0.1, 0.15) is 22.3 Å². The van der Waals surface area contributed by atoms with Crippen LogP contribution in [0, 0.1) is 0 Å². The summed E-state index contributed by atoms with van der Waals surface area (Å²) in [6, 6.07) is 18.8. The number of aromatic nitrogens is 1. The van der Waals surface area contributed by atoms with E-state index in [0.29, 0.717) is 17.7 Å². The van der Waals surface area contributed by atoms with Gasteiger partial charge >= 0.3 is 6.03 Å². The van der Waals surface area contributed by atoms with E-state index in [9.17, 15) is 29.7 Å². The number of fused-ring (bicyclic) bond motifs is 2. The Hall–Kier alpha value is -4.56. The van der Waals surface area contributed by atoms with Gasteiger partial charge in [-0.05, 0) is 34.4 Å². The Labute approximate surface area is 270 Å². The Morgan fingerprint density at radius 1 is 1.07 bits per heavy atom. The highest BCUT2D eigenvalue weighted by Crippen LogP contribution is 2.31. The maximum Gasteiger partial charge on any atom is 0.334 e. The third-order valence-corrected chi connectivity index (χ3v) is 9.27. The van der Waals surface area contributed by atoms with Gasteiger partial charge in [0.1, 0.15) is 18.0 Å². The van der Waals surface area contributed by atoms with Gasteiger partial charge in [-0.1, -0.05) is 54.6 Å². The third-order valence-electron chi connectivity index (χ3n) is 8.48. The number of rotatable bonds is 9. The molecule has 3 aromatic carbocycles. The molecule has 0 spiro atoms. The second kappa shape index (κ2) is 13.4. The van der Waals surface area contributed by atoms with Crippen molar-refractivity contribution in [1.82, 2.24) is 30.1 Å². The Kier molecular flexibility index (Phi) is 9.17. The molecule has 2 fully saturated rings. The normalized spacial score (nSPS) is 19.4. The summed E-state index contributed by atoms with van der Waals surface area (Å²) in [5, 5.41) is 35.8. The van der Waals surface area contributed by atoms with Crippen molar-refractivity contribution in [3.05, 3.63) is 94.5 Å². The van der Waals surface area contributed by atoms with E-state index in [1.165, 1.54) is 27.3 Å². The fraction of sp³-hybridized carbons (Fsp3) is 0.333. The number of phenolic OH excluding ortho intramolecular Hbond substituents is 1. The van der Waals surface area contributed by atoms with Gasteiger partial charge in [0.2, 0.25) is 11.8 Å². The van der Waals surface area contributed by atoms with Crippen LogP contribution < -0.4 is 5.32 Å². The molecule has 3 atom stereocenters. The summed E-state index contributed by atoms with van der Waals surface area (Å²) in [5.74, 6) is -0.594.